The van der Waals surface area contributed by atoms with Gasteiger partial charge in [0.15, 0.2) is 0 Å². The van der Waals surface area contributed by atoms with Crippen molar-refractivity contribution in [3.05, 3.63) is 110 Å². The Morgan fingerprint density at radius 3 is 1.45 bits per heavy atom. The number of rotatable bonds is 9. The molecule has 0 atom stereocenters. The van der Waals surface area contributed by atoms with Gasteiger partial charge in [0.25, 0.3) is 0 Å². The molecule has 0 spiro atoms. The van der Waals surface area contributed by atoms with Gasteiger partial charge in [0, 0.05) is 5.57 Å². The monoisotopic (exact) mass is 264 g/mol. The molecule has 0 amide bonds. The molecule has 0 aliphatic heterocycles. The maximum absolute atomic E-state index is 10.4. The lowest BCUT2D eigenvalue weighted by atomic mass is 10.0. The second kappa shape index (κ2) is 9.29. The molecule has 0 aliphatic rings. The lowest BCUT2D eigenvalue weighted by Crippen LogP contribution is -1.82. The van der Waals surface area contributed by atoms with Gasteiger partial charge in [-0.25, -0.2) is 0 Å². The van der Waals surface area contributed by atoms with E-state index in [4.69, 9.17) is 0 Å². The molecule has 0 aromatic rings. The highest BCUT2D eigenvalue weighted by molar-refractivity contribution is 5.76. The van der Waals surface area contributed by atoms with Crippen molar-refractivity contribution < 1.29 is 4.79 Å². The minimum absolute atomic E-state index is 0.385. The second-order valence-corrected chi connectivity index (χ2v) is 4.06. The Balaban J connectivity index is 4.63. The summed E-state index contributed by atoms with van der Waals surface area (Å²) in [7, 11) is 0. The van der Waals surface area contributed by atoms with Gasteiger partial charge in [-0.1, -0.05) is 82.0 Å². The van der Waals surface area contributed by atoms with Gasteiger partial charge in [0.2, 0.25) is 0 Å². The van der Waals surface area contributed by atoms with E-state index in [1.807, 2.05) is 12.2 Å². The molecule has 0 heterocycles. The summed E-state index contributed by atoms with van der Waals surface area (Å²) in [5, 5.41) is 0. The quantitative estimate of drug-likeness (QED) is 0.331. The summed E-state index contributed by atoms with van der Waals surface area (Å²) >= 11 is 0. The highest BCUT2D eigenvalue weighted by Gasteiger charge is 1.95. The van der Waals surface area contributed by atoms with Crippen molar-refractivity contribution in [2.24, 2.45) is 0 Å². The van der Waals surface area contributed by atoms with Crippen molar-refractivity contribution in [2.75, 3.05) is 0 Å². The van der Waals surface area contributed by atoms with Crippen LogP contribution in [0.4, 0.5) is 0 Å². The zero-order valence-corrected chi connectivity index (χ0v) is 11.8. The molecule has 0 aromatic heterocycles. The third kappa shape index (κ3) is 6.92. The fourth-order valence-corrected chi connectivity index (χ4v) is 1.06. The first-order valence-corrected chi connectivity index (χ1v) is 5.98. The molecule has 0 N–H and O–H groups in total. The molecule has 20 heavy (non-hydrogen) atoms. The smallest absolute Gasteiger partial charge is 0.149 e. The van der Waals surface area contributed by atoms with Crippen LogP contribution in [0.25, 0.3) is 0 Å². The zero-order valence-electron chi connectivity index (χ0n) is 11.8. The van der Waals surface area contributed by atoms with Crippen molar-refractivity contribution in [2.45, 2.75) is 0 Å². The third-order valence-electron chi connectivity index (χ3n) is 2.39. The van der Waals surface area contributed by atoms with Crippen molar-refractivity contribution in [3.8, 4) is 0 Å². The van der Waals surface area contributed by atoms with Crippen LogP contribution >= 0.6 is 0 Å². The standard InChI is InChI=1S/C19H20O/c1-7-8-9-16(3)18(5)12-13-19(6)17(4)11-10-15(2)14-20/h7-14H,1-6H2/b9-8-,11-10-,13-12-. The molecule has 102 valence electrons. The van der Waals surface area contributed by atoms with E-state index in [1.54, 1.807) is 30.4 Å². The van der Waals surface area contributed by atoms with Crippen LogP contribution < -0.4 is 0 Å². The van der Waals surface area contributed by atoms with Crippen LogP contribution in [-0.4, -0.2) is 6.29 Å². The molecule has 0 rings (SSSR count). The minimum Gasteiger partial charge on any atom is -0.298 e. The normalized spacial score (nSPS) is 10.8. The van der Waals surface area contributed by atoms with E-state index in [0.29, 0.717) is 17.4 Å². The Bertz CT molecular complexity index is 548. The molecular formula is C19H20O. The molecule has 0 radical (unpaired) electrons. The van der Waals surface area contributed by atoms with E-state index in [2.05, 4.69) is 39.5 Å². The Kier molecular flexibility index (Phi) is 8.05. The highest BCUT2D eigenvalue weighted by atomic mass is 16.1. The van der Waals surface area contributed by atoms with Crippen LogP contribution in [0, 0.1) is 0 Å². The van der Waals surface area contributed by atoms with Crippen LogP contribution in [0.5, 0.6) is 0 Å². The van der Waals surface area contributed by atoms with E-state index in [1.165, 1.54) is 0 Å². The van der Waals surface area contributed by atoms with E-state index < -0.39 is 0 Å². The van der Waals surface area contributed by atoms with Crippen LogP contribution in [0.15, 0.2) is 110 Å². The molecule has 1 nitrogen and oxygen atoms in total. The molecule has 0 aliphatic carbocycles. The molecule has 1 heteroatoms. The van der Waals surface area contributed by atoms with Gasteiger partial charge >= 0.3 is 0 Å². The summed E-state index contributed by atoms with van der Waals surface area (Å²) in [4.78, 5) is 10.4. The number of carbonyl (C=O) groups excluding carboxylic acids is 1. The number of carbonyl (C=O) groups is 1. The second-order valence-electron chi connectivity index (χ2n) is 4.06. The predicted molar refractivity (Wildman–Crippen MR) is 89.4 cm³/mol. The molecule has 0 unspecified atom stereocenters. The van der Waals surface area contributed by atoms with E-state index in [9.17, 15) is 4.79 Å². The Hall–Kier alpha value is -2.67. The van der Waals surface area contributed by atoms with E-state index in [-0.39, 0.29) is 0 Å². The maximum atomic E-state index is 10.4. The molecule has 0 fully saturated rings. The van der Waals surface area contributed by atoms with Crippen molar-refractivity contribution >= 4 is 6.29 Å². The number of allylic oxidation sites excluding steroid dienone is 12. The SMILES string of the molecule is C=C/C=C\C(=C)C(=C)/C=C\C(=C)C(=C)/C=C\C(=C)C=O. The van der Waals surface area contributed by atoms with Gasteiger partial charge in [-0.3, -0.25) is 4.79 Å². The van der Waals surface area contributed by atoms with E-state index in [0.717, 1.165) is 16.7 Å². The molecule has 0 saturated heterocycles. The third-order valence-corrected chi connectivity index (χ3v) is 2.39. The van der Waals surface area contributed by atoms with Gasteiger partial charge in [-0.2, -0.15) is 0 Å². The Morgan fingerprint density at radius 1 is 0.650 bits per heavy atom. The summed E-state index contributed by atoms with van der Waals surface area (Å²) in [5.74, 6) is 0. The summed E-state index contributed by atoms with van der Waals surface area (Å²) in [5.41, 5.74) is 3.38. The van der Waals surface area contributed by atoms with Crippen molar-refractivity contribution in [3.63, 3.8) is 0 Å². The first-order chi connectivity index (χ1) is 9.42. The summed E-state index contributed by atoms with van der Waals surface area (Å²) in [6, 6.07) is 0. The minimum atomic E-state index is 0.385. The van der Waals surface area contributed by atoms with Crippen molar-refractivity contribution in [1.82, 2.24) is 0 Å². The fraction of sp³-hybridized carbons (Fsp3) is 0. The highest BCUT2D eigenvalue weighted by Crippen LogP contribution is 2.14. The number of hydrogen-bond acceptors (Lipinski definition) is 1. The van der Waals surface area contributed by atoms with Gasteiger partial charge in [-0.05, 0) is 22.3 Å². The first-order valence-electron chi connectivity index (χ1n) is 5.98. The topological polar surface area (TPSA) is 17.1 Å². The average Bonchev–Trinajstić information content (AvgIpc) is 2.46. The number of hydrogen-bond donors (Lipinski definition) is 0. The number of aldehydes is 1. The van der Waals surface area contributed by atoms with Crippen LogP contribution in [-0.2, 0) is 4.79 Å². The predicted octanol–water partition coefficient (Wildman–Crippen LogP) is 4.82. The maximum Gasteiger partial charge on any atom is 0.149 e. The molecular weight excluding hydrogens is 244 g/mol. The Morgan fingerprint density at radius 2 is 1.05 bits per heavy atom. The first kappa shape index (κ1) is 17.3. The van der Waals surface area contributed by atoms with Crippen LogP contribution in [0.2, 0.25) is 0 Å². The lowest BCUT2D eigenvalue weighted by Gasteiger charge is -2.01. The lowest BCUT2D eigenvalue weighted by molar-refractivity contribution is -0.104. The van der Waals surface area contributed by atoms with Crippen LogP contribution in [0.3, 0.4) is 0 Å². The van der Waals surface area contributed by atoms with Gasteiger partial charge in [-0.15, -0.1) is 0 Å². The van der Waals surface area contributed by atoms with Gasteiger partial charge in [0.05, 0.1) is 0 Å². The average molecular weight is 264 g/mol. The van der Waals surface area contributed by atoms with Crippen molar-refractivity contribution in [1.29, 1.82) is 0 Å². The molecule has 0 bridgehead atoms. The zero-order chi connectivity index (χ0) is 15.5. The van der Waals surface area contributed by atoms with Gasteiger partial charge in [0.1, 0.15) is 6.29 Å². The summed E-state index contributed by atoms with van der Waals surface area (Å²) < 4.78 is 0. The van der Waals surface area contributed by atoms with E-state index >= 15 is 0 Å². The largest absolute Gasteiger partial charge is 0.298 e. The molecule has 0 aromatic carbocycles. The fourth-order valence-electron chi connectivity index (χ4n) is 1.06. The van der Waals surface area contributed by atoms with Gasteiger partial charge < -0.3 is 0 Å². The summed E-state index contributed by atoms with van der Waals surface area (Å²) in [6.45, 7) is 22.7. The Labute approximate surface area is 121 Å². The molecule has 0 saturated carbocycles. The van der Waals surface area contributed by atoms with Crippen LogP contribution in [0.1, 0.15) is 0 Å². The summed E-state index contributed by atoms with van der Waals surface area (Å²) in [6.07, 6.45) is 12.9.